The van der Waals surface area contributed by atoms with Gasteiger partial charge in [0, 0.05) is 36.6 Å². The van der Waals surface area contributed by atoms with Crippen LogP contribution >= 0.6 is 23.2 Å². The first kappa shape index (κ1) is 22.0. The fourth-order valence-electron chi connectivity index (χ4n) is 3.18. The SMILES string of the molecule is O=C(Cl)N(Cc1ccc(C(F)(F)F)nc1)c1ccc(Cc2c[nH]c3ncc(Cl)cc23)cn1. The summed E-state index contributed by atoms with van der Waals surface area (Å²) in [6.07, 6.45) is 2.07. The highest BCUT2D eigenvalue weighted by Crippen LogP contribution is 2.28. The fourth-order valence-corrected chi connectivity index (χ4v) is 3.49. The van der Waals surface area contributed by atoms with Crippen LogP contribution in [-0.4, -0.2) is 25.3 Å². The second-order valence-corrected chi connectivity index (χ2v) is 7.71. The summed E-state index contributed by atoms with van der Waals surface area (Å²) in [5.41, 5.74) is 1.93. The van der Waals surface area contributed by atoms with E-state index in [2.05, 4.69) is 19.9 Å². The maximum absolute atomic E-state index is 12.7. The number of rotatable bonds is 5. The molecule has 0 fully saturated rings. The maximum Gasteiger partial charge on any atom is 0.433 e. The Bertz CT molecular complexity index is 1260. The molecule has 0 aromatic carbocycles. The van der Waals surface area contributed by atoms with Crippen LogP contribution in [0.4, 0.5) is 23.8 Å². The molecule has 4 aromatic heterocycles. The van der Waals surface area contributed by atoms with Crippen molar-refractivity contribution in [1.82, 2.24) is 19.9 Å². The lowest BCUT2D eigenvalue weighted by Crippen LogP contribution is -2.26. The van der Waals surface area contributed by atoms with E-state index in [1.165, 1.54) is 6.07 Å². The van der Waals surface area contributed by atoms with Gasteiger partial charge in [-0.2, -0.15) is 13.2 Å². The lowest BCUT2D eigenvalue weighted by atomic mass is 10.1. The van der Waals surface area contributed by atoms with Gasteiger partial charge in [0.05, 0.1) is 11.6 Å². The number of carbonyl (C=O) groups excluding carboxylic acids is 1. The number of anilines is 1. The van der Waals surface area contributed by atoms with E-state index < -0.39 is 17.2 Å². The van der Waals surface area contributed by atoms with Crippen LogP contribution in [0.5, 0.6) is 0 Å². The second-order valence-electron chi connectivity index (χ2n) is 6.95. The first-order chi connectivity index (χ1) is 15.2. The van der Waals surface area contributed by atoms with E-state index in [4.69, 9.17) is 23.2 Å². The van der Waals surface area contributed by atoms with Gasteiger partial charge in [0.15, 0.2) is 0 Å². The molecule has 0 aliphatic heterocycles. The normalized spacial score (nSPS) is 11.7. The molecule has 1 N–H and O–H groups in total. The Balaban J connectivity index is 1.51. The zero-order valence-corrected chi connectivity index (χ0v) is 17.7. The number of hydrogen-bond donors (Lipinski definition) is 1. The summed E-state index contributed by atoms with van der Waals surface area (Å²) in [6.45, 7) is -0.0770. The molecule has 1 amide bonds. The van der Waals surface area contributed by atoms with Crippen LogP contribution in [0.2, 0.25) is 5.02 Å². The number of amides is 1. The highest BCUT2D eigenvalue weighted by Gasteiger charge is 2.32. The molecule has 0 saturated heterocycles. The predicted molar refractivity (Wildman–Crippen MR) is 115 cm³/mol. The Kier molecular flexibility index (Phi) is 6.03. The highest BCUT2D eigenvalue weighted by atomic mass is 35.5. The third kappa shape index (κ3) is 4.84. The quantitative estimate of drug-likeness (QED) is 0.282. The third-order valence-electron chi connectivity index (χ3n) is 4.73. The number of H-pyrrole nitrogens is 1. The van der Waals surface area contributed by atoms with Crippen molar-refractivity contribution >= 4 is 45.4 Å². The van der Waals surface area contributed by atoms with Crippen LogP contribution in [0.15, 0.2) is 55.1 Å². The van der Waals surface area contributed by atoms with E-state index in [0.717, 1.165) is 39.3 Å². The number of pyridine rings is 3. The van der Waals surface area contributed by atoms with Crippen LogP contribution in [0.3, 0.4) is 0 Å². The first-order valence-electron chi connectivity index (χ1n) is 9.26. The molecule has 11 heteroatoms. The minimum atomic E-state index is -4.54. The van der Waals surface area contributed by atoms with Crippen LogP contribution in [0.25, 0.3) is 11.0 Å². The van der Waals surface area contributed by atoms with Gasteiger partial charge >= 0.3 is 11.5 Å². The number of hydrogen-bond acceptors (Lipinski definition) is 4. The van der Waals surface area contributed by atoms with Gasteiger partial charge in [-0.05, 0) is 46.5 Å². The molecule has 32 heavy (non-hydrogen) atoms. The Labute approximate surface area is 190 Å². The van der Waals surface area contributed by atoms with Gasteiger partial charge in [0.2, 0.25) is 0 Å². The van der Waals surface area contributed by atoms with Crippen molar-refractivity contribution in [2.45, 2.75) is 19.1 Å². The van der Waals surface area contributed by atoms with E-state index in [1.54, 1.807) is 24.5 Å². The zero-order valence-electron chi connectivity index (χ0n) is 16.2. The summed E-state index contributed by atoms with van der Waals surface area (Å²) in [5.74, 6) is 0.261. The van der Waals surface area contributed by atoms with Crippen LogP contribution < -0.4 is 4.90 Å². The molecule has 4 aromatic rings. The van der Waals surface area contributed by atoms with Crippen molar-refractivity contribution < 1.29 is 18.0 Å². The summed E-state index contributed by atoms with van der Waals surface area (Å²) in [6, 6.07) is 7.33. The molecule has 0 unspecified atom stereocenters. The minimum Gasteiger partial charge on any atom is -0.346 e. The summed E-state index contributed by atoms with van der Waals surface area (Å²) in [7, 11) is 0. The monoisotopic (exact) mass is 479 g/mol. The van der Waals surface area contributed by atoms with Crippen molar-refractivity contribution in [2.75, 3.05) is 4.90 Å². The van der Waals surface area contributed by atoms with Gasteiger partial charge in [-0.25, -0.2) is 9.97 Å². The summed E-state index contributed by atoms with van der Waals surface area (Å²) in [5, 5.41) is 0.609. The molecule has 0 atom stereocenters. The maximum atomic E-state index is 12.7. The Morgan fingerprint density at radius 1 is 1.03 bits per heavy atom. The van der Waals surface area contributed by atoms with E-state index >= 15 is 0 Å². The minimum absolute atomic E-state index is 0.0770. The molecule has 4 rings (SSSR count). The van der Waals surface area contributed by atoms with Gasteiger partial charge in [-0.3, -0.25) is 14.7 Å². The van der Waals surface area contributed by atoms with Gasteiger partial charge in [0.1, 0.15) is 17.2 Å². The van der Waals surface area contributed by atoms with Crippen molar-refractivity contribution in [2.24, 2.45) is 0 Å². The van der Waals surface area contributed by atoms with Crippen molar-refractivity contribution in [1.29, 1.82) is 0 Å². The van der Waals surface area contributed by atoms with E-state index in [-0.39, 0.29) is 12.4 Å². The van der Waals surface area contributed by atoms with Crippen molar-refractivity contribution in [3.8, 4) is 0 Å². The van der Waals surface area contributed by atoms with Gasteiger partial charge in [-0.15, -0.1) is 0 Å². The number of carbonyl (C=O) groups is 1. The summed E-state index contributed by atoms with van der Waals surface area (Å²) in [4.78, 5) is 28.1. The Hall–Kier alpha value is -3.17. The van der Waals surface area contributed by atoms with Gasteiger partial charge < -0.3 is 4.98 Å². The zero-order chi connectivity index (χ0) is 22.9. The summed E-state index contributed by atoms with van der Waals surface area (Å²) < 4.78 is 38.1. The van der Waals surface area contributed by atoms with Gasteiger partial charge in [-0.1, -0.05) is 23.7 Å². The molecular weight excluding hydrogens is 466 g/mol. The number of halogens is 5. The predicted octanol–water partition coefficient (Wildman–Crippen LogP) is 5.98. The molecule has 0 aliphatic carbocycles. The molecule has 4 heterocycles. The number of aromatic nitrogens is 4. The topological polar surface area (TPSA) is 74.8 Å². The smallest absolute Gasteiger partial charge is 0.346 e. The standard InChI is InChI=1S/C21H14Cl2F3N5O/c22-15-6-16-14(9-29-19(16)30-10-15)5-12-2-4-18(28-7-12)31(20(23)32)11-13-1-3-17(27-8-13)21(24,25)26/h1-4,6-10H,5,11H2,(H,29,30). The van der Waals surface area contributed by atoms with Crippen LogP contribution in [-0.2, 0) is 19.1 Å². The second kappa shape index (κ2) is 8.76. The molecular formula is C21H14Cl2F3N5O. The van der Waals surface area contributed by atoms with E-state index in [0.29, 0.717) is 17.0 Å². The lowest BCUT2D eigenvalue weighted by molar-refractivity contribution is -0.141. The summed E-state index contributed by atoms with van der Waals surface area (Å²) >= 11 is 11.7. The molecule has 164 valence electrons. The molecule has 0 aliphatic rings. The van der Waals surface area contributed by atoms with Crippen LogP contribution in [0.1, 0.15) is 22.4 Å². The number of alkyl halides is 3. The Morgan fingerprint density at radius 2 is 1.78 bits per heavy atom. The molecule has 6 nitrogen and oxygen atoms in total. The number of fused-ring (bicyclic) bond motifs is 1. The van der Waals surface area contributed by atoms with Crippen LogP contribution in [0, 0.1) is 0 Å². The average molecular weight is 480 g/mol. The largest absolute Gasteiger partial charge is 0.433 e. The fraction of sp³-hybridized carbons (Fsp3) is 0.143. The van der Waals surface area contributed by atoms with Crippen molar-refractivity contribution in [3.05, 3.63) is 82.5 Å². The van der Waals surface area contributed by atoms with Crippen molar-refractivity contribution in [3.63, 3.8) is 0 Å². The van der Waals surface area contributed by atoms with E-state index in [9.17, 15) is 18.0 Å². The molecule has 0 spiro atoms. The molecule has 0 bridgehead atoms. The average Bonchev–Trinajstić information content (AvgIpc) is 3.14. The lowest BCUT2D eigenvalue weighted by Gasteiger charge is -2.19. The Morgan fingerprint density at radius 3 is 2.41 bits per heavy atom. The number of nitrogens with zero attached hydrogens (tertiary/aromatic N) is 4. The van der Waals surface area contributed by atoms with Gasteiger partial charge in [0.25, 0.3) is 0 Å². The molecule has 0 saturated carbocycles. The highest BCUT2D eigenvalue weighted by molar-refractivity contribution is 6.66. The number of aromatic amines is 1. The van der Waals surface area contributed by atoms with E-state index in [1.807, 2.05) is 12.3 Å². The number of nitrogens with one attached hydrogen (secondary N) is 1. The first-order valence-corrected chi connectivity index (χ1v) is 10.0. The molecule has 0 radical (unpaired) electrons. The third-order valence-corrected chi connectivity index (χ3v) is 5.14.